The minimum absolute atomic E-state index is 0.114. The normalized spacial score (nSPS) is 13.7. The number of fused-ring (bicyclic) bond motifs is 2. The Hall–Kier alpha value is -3.22. The highest BCUT2D eigenvalue weighted by atomic mass is 16.4. The molecular weight excluding hydrogens is 332 g/mol. The van der Waals surface area contributed by atoms with Crippen LogP contribution in [0.25, 0.3) is 5.65 Å². The molecule has 4 rings (SSSR count). The van der Waals surface area contributed by atoms with Gasteiger partial charge in [0, 0.05) is 25.4 Å². The molecule has 132 valence electrons. The number of carboxylic acids is 1. The summed E-state index contributed by atoms with van der Waals surface area (Å²) in [7, 11) is 0. The molecule has 1 aliphatic rings. The zero-order valence-electron chi connectivity index (χ0n) is 14.6. The van der Waals surface area contributed by atoms with Crippen molar-refractivity contribution in [1.29, 1.82) is 0 Å². The van der Waals surface area contributed by atoms with Gasteiger partial charge in [-0.1, -0.05) is 12.1 Å². The molecule has 7 heteroatoms. The number of carbonyl (C=O) groups is 2. The Morgan fingerprint density at radius 1 is 1.19 bits per heavy atom. The van der Waals surface area contributed by atoms with Crippen molar-refractivity contribution in [3.8, 4) is 0 Å². The fourth-order valence-electron chi connectivity index (χ4n) is 3.53. The molecule has 0 atom stereocenters. The van der Waals surface area contributed by atoms with Gasteiger partial charge in [0.15, 0.2) is 5.65 Å². The molecule has 1 amide bonds. The van der Waals surface area contributed by atoms with Gasteiger partial charge < -0.3 is 10.0 Å². The van der Waals surface area contributed by atoms with E-state index in [1.807, 2.05) is 26.0 Å². The molecule has 1 aliphatic heterocycles. The van der Waals surface area contributed by atoms with Crippen LogP contribution < -0.4 is 0 Å². The minimum atomic E-state index is -0.929. The largest absolute Gasteiger partial charge is 0.478 e. The van der Waals surface area contributed by atoms with E-state index < -0.39 is 5.97 Å². The maximum absolute atomic E-state index is 13.0. The minimum Gasteiger partial charge on any atom is -0.478 e. The fraction of sp³-hybridized carbons (Fsp3) is 0.263. The number of amides is 1. The summed E-state index contributed by atoms with van der Waals surface area (Å²) in [5, 5.41) is 13.7. The van der Waals surface area contributed by atoms with Crippen LogP contribution in [-0.2, 0) is 13.0 Å². The monoisotopic (exact) mass is 350 g/mol. The van der Waals surface area contributed by atoms with Gasteiger partial charge in [-0.25, -0.2) is 14.3 Å². The van der Waals surface area contributed by atoms with E-state index in [1.54, 1.807) is 27.7 Å². The maximum Gasteiger partial charge on any atom is 0.335 e. The maximum atomic E-state index is 13.0. The summed E-state index contributed by atoms with van der Waals surface area (Å²) in [4.78, 5) is 30.5. The molecule has 0 aliphatic carbocycles. The summed E-state index contributed by atoms with van der Waals surface area (Å²) in [6.45, 7) is 4.61. The first kappa shape index (κ1) is 16.3. The average molecular weight is 350 g/mol. The third-order valence-corrected chi connectivity index (χ3v) is 4.86. The summed E-state index contributed by atoms with van der Waals surface area (Å²) >= 11 is 0. The summed E-state index contributed by atoms with van der Waals surface area (Å²) in [6.07, 6.45) is 2.12. The molecule has 26 heavy (non-hydrogen) atoms. The number of aromatic carboxylic acids is 1. The quantitative estimate of drug-likeness (QED) is 0.766. The van der Waals surface area contributed by atoms with E-state index in [2.05, 4.69) is 10.1 Å². The lowest BCUT2D eigenvalue weighted by molar-refractivity contribution is 0.0694. The van der Waals surface area contributed by atoms with Crippen LogP contribution in [0.15, 0.2) is 30.5 Å². The number of aromatic nitrogens is 3. The summed E-state index contributed by atoms with van der Waals surface area (Å²) in [5.74, 6) is -1.04. The summed E-state index contributed by atoms with van der Waals surface area (Å²) in [5.41, 5.74) is 4.84. The SMILES string of the molecule is Cc1cc2ncc(C(=O)N3CCc4c(cccc4C(=O)O)C3)c(C)n2n1. The van der Waals surface area contributed by atoms with Crippen LogP contribution in [0.4, 0.5) is 0 Å². The van der Waals surface area contributed by atoms with Crippen molar-refractivity contribution in [2.75, 3.05) is 6.54 Å². The molecular formula is C19H18N4O3. The van der Waals surface area contributed by atoms with Crippen molar-refractivity contribution < 1.29 is 14.7 Å². The Kier molecular flexibility index (Phi) is 3.72. The second-order valence-corrected chi connectivity index (χ2v) is 6.54. The van der Waals surface area contributed by atoms with Crippen LogP contribution >= 0.6 is 0 Å². The van der Waals surface area contributed by atoms with Crippen molar-refractivity contribution in [3.63, 3.8) is 0 Å². The topological polar surface area (TPSA) is 87.8 Å². The smallest absolute Gasteiger partial charge is 0.335 e. The van der Waals surface area contributed by atoms with Crippen molar-refractivity contribution in [2.24, 2.45) is 0 Å². The molecule has 0 unspecified atom stereocenters. The molecule has 3 heterocycles. The van der Waals surface area contributed by atoms with E-state index in [-0.39, 0.29) is 5.91 Å². The molecule has 0 bridgehead atoms. The Bertz CT molecular complexity index is 1050. The Morgan fingerprint density at radius 3 is 2.77 bits per heavy atom. The predicted molar refractivity (Wildman–Crippen MR) is 94.3 cm³/mol. The third-order valence-electron chi connectivity index (χ3n) is 4.86. The number of carbonyl (C=O) groups excluding carboxylic acids is 1. The first-order valence-corrected chi connectivity index (χ1v) is 8.41. The van der Waals surface area contributed by atoms with E-state index in [0.717, 1.165) is 22.5 Å². The van der Waals surface area contributed by atoms with E-state index in [9.17, 15) is 14.7 Å². The lowest BCUT2D eigenvalue weighted by Gasteiger charge is -2.30. The van der Waals surface area contributed by atoms with Gasteiger partial charge in [-0.05, 0) is 37.5 Å². The van der Waals surface area contributed by atoms with E-state index in [0.29, 0.717) is 36.3 Å². The number of benzene rings is 1. The van der Waals surface area contributed by atoms with Crippen LogP contribution in [0, 0.1) is 13.8 Å². The Balaban J connectivity index is 1.67. The zero-order chi connectivity index (χ0) is 18.4. The number of nitrogens with zero attached hydrogens (tertiary/aromatic N) is 4. The van der Waals surface area contributed by atoms with Crippen molar-refractivity contribution in [3.05, 3.63) is 64.1 Å². The lowest BCUT2D eigenvalue weighted by Crippen LogP contribution is -2.37. The highest BCUT2D eigenvalue weighted by molar-refractivity contribution is 5.95. The standard InChI is InChI=1S/C19H18N4O3/c1-11-8-17-20-9-16(12(2)23(17)21-11)18(24)22-7-6-14-13(10-22)4-3-5-15(14)19(25)26/h3-5,8-9H,6-7,10H2,1-2H3,(H,25,26). The van der Waals surface area contributed by atoms with Crippen LogP contribution in [0.1, 0.15) is 43.2 Å². The highest BCUT2D eigenvalue weighted by Crippen LogP contribution is 2.24. The third kappa shape index (κ3) is 2.52. The van der Waals surface area contributed by atoms with Gasteiger partial charge in [-0.3, -0.25) is 4.79 Å². The van der Waals surface area contributed by atoms with Gasteiger partial charge in [0.05, 0.1) is 22.5 Å². The molecule has 7 nitrogen and oxygen atoms in total. The summed E-state index contributed by atoms with van der Waals surface area (Å²) < 4.78 is 1.68. The van der Waals surface area contributed by atoms with Crippen LogP contribution in [0.2, 0.25) is 0 Å². The van der Waals surface area contributed by atoms with E-state index in [1.165, 1.54) is 0 Å². The molecule has 0 saturated carbocycles. The molecule has 1 aromatic carbocycles. The zero-order valence-corrected chi connectivity index (χ0v) is 14.6. The van der Waals surface area contributed by atoms with Gasteiger partial charge in [0.25, 0.3) is 5.91 Å². The van der Waals surface area contributed by atoms with Gasteiger partial charge in [-0.15, -0.1) is 0 Å². The lowest BCUT2D eigenvalue weighted by atomic mass is 9.94. The molecule has 0 saturated heterocycles. The second kappa shape index (κ2) is 5.94. The van der Waals surface area contributed by atoms with Gasteiger partial charge in [0.2, 0.25) is 0 Å². The number of hydrogen-bond acceptors (Lipinski definition) is 4. The molecule has 0 radical (unpaired) electrons. The van der Waals surface area contributed by atoms with Gasteiger partial charge in [0.1, 0.15) is 0 Å². The van der Waals surface area contributed by atoms with Gasteiger partial charge in [-0.2, -0.15) is 5.10 Å². The Morgan fingerprint density at radius 2 is 2.00 bits per heavy atom. The molecule has 3 aromatic rings. The number of hydrogen-bond donors (Lipinski definition) is 1. The second-order valence-electron chi connectivity index (χ2n) is 6.54. The first-order valence-electron chi connectivity index (χ1n) is 8.41. The highest BCUT2D eigenvalue weighted by Gasteiger charge is 2.26. The number of rotatable bonds is 2. The summed E-state index contributed by atoms with van der Waals surface area (Å²) in [6, 6.07) is 7.08. The van der Waals surface area contributed by atoms with Crippen molar-refractivity contribution >= 4 is 17.5 Å². The number of aryl methyl sites for hydroxylation is 2. The van der Waals surface area contributed by atoms with Crippen molar-refractivity contribution in [2.45, 2.75) is 26.8 Å². The average Bonchev–Trinajstić information content (AvgIpc) is 3.01. The van der Waals surface area contributed by atoms with E-state index in [4.69, 9.17) is 0 Å². The predicted octanol–water partition coefficient (Wildman–Crippen LogP) is 2.24. The molecule has 0 fully saturated rings. The van der Waals surface area contributed by atoms with Crippen LogP contribution in [0.5, 0.6) is 0 Å². The van der Waals surface area contributed by atoms with Crippen LogP contribution in [-0.4, -0.2) is 43.0 Å². The van der Waals surface area contributed by atoms with Gasteiger partial charge >= 0.3 is 5.97 Å². The fourth-order valence-corrected chi connectivity index (χ4v) is 3.53. The molecule has 1 N–H and O–H groups in total. The van der Waals surface area contributed by atoms with E-state index >= 15 is 0 Å². The first-order chi connectivity index (χ1) is 12.5. The number of carboxylic acid groups (broad SMARTS) is 1. The Labute approximate surface area is 149 Å². The molecule has 2 aromatic heterocycles. The van der Waals surface area contributed by atoms with Crippen molar-refractivity contribution in [1.82, 2.24) is 19.5 Å². The van der Waals surface area contributed by atoms with Crippen LogP contribution in [0.3, 0.4) is 0 Å². The molecule has 0 spiro atoms.